The minimum absolute atomic E-state index is 0.140. The van der Waals surface area contributed by atoms with Crippen LogP contribution in [0.3, 0.4) is 0 Å². The predicted octanol–water partition coefficient (Wildman–Crippen LogP) is 3.61. The molecule has 0 unspecified atom stereocenters. The van der Waals surface area contributed by atoms with Gasteiger partial charge in [-0.15, -0.1) is 0 Å². The van der Waals surface area contributed by atoms with E-state index in [-0.39, 0.29) is 5.91 Å². The van der Waals surface area contributed by atoms with Crippen molar-refractivity contribution in [2.45, 2.75) is 20.3 Å². The monoisotopic (exact) mass is 313 g/mol. The number of carbonyl (C=O) groups excluding carboxylic acids is 1. The second-order valence-electron chi connectivity index (χ2n) is 5.73. The number of anilines is 2. The molecule has 0 radical (unpaired) electrons. The van der Waals surface area contributed by atoms with Crippen molar-refractivity contribution in [1.29, 1.82) is 0 Å². The zero-order valence-corrected chi connectivity index (χ0v) is 13.8. The second kappa shape index (κ2) is 8.17. The molecule has 0 atom stereocenters. The molecule has 2 N–H and O–H groups in total. The third kappa shape index (κ3) is 5.29. The zero-order valence-electron chi connectivity index (χ0n) is 13.8. The molecule has 0 saturated heterocycles. The number of benzene rings is 1. The average molecular weight is 313 g/mol. The number of pyridine rings is 1. The first-order valence-corrected chi connectivity index (χ1v) is 7.74. The molecule has 0 fully saturated rings. The molecule has 122 valence electrons. The Hall–Kier alpha value is -2.56. The van der Waals surface area contributed by atoms with Crippen LogP contribution in [0.15, 0.2) is 42.6 Å². The van der Waals surface area contributed by atoms with Crippen LogP contribution in [0.4, 0.5) is 11.4 Å². The second-order valence-corrected chi connectivity index (χ2v) is 5.73. The maximum Gasteiger partial charge on any atom is 0.269 e. The van der Waals surface area contributed by atoms with Gasteiger partial charge in [0.25, 0.3) is 5.91 Å². The Morgan fingerprint density at radius 1 is 1.22 bits per heavy atom. The topological polar surface area (TPSA) is 63.2 Å². The Bertz CT molecular complexity index is 639. The fraction of sp³-hybridized carbons (Fsp3) is 0.333. The summed E-state index contributed by atoms with van der Waals surface area (Å²) >= 11 is 0. The third-order valence-electron chi connectivity index (χ3n) is 3.36. The van der Waals surface area contributed by atoms with E-state index in [0.29, 0.717) is 18.2 Å². The summed E-state index contributed by atoms with van der Waals surface area (Å²) in [5.41, 5.74) is 2.14. The lowest BCUT2D eigenvalue weighted by atomic mass is 10.1. The van der Waals surface area contributed by atoms with Crippen molar-refractivity contribution in [1.82, 2.24) is 10.3 Å². The van der Waals surface area contributed by atoms with Crippen LogP contribution < -0.4 is 15.4 Å². The molecule has 5 heteroatoms. The van der Waals surface area contributed by atoms with Crippen LogP contribution in [0.1, 0.15) is 30.8 Å². The quantitative estimate of drug-likeness (QED) is 0.819. The number of rotatable bonds is 7. The summed E-state index contributed by atoms with van der Waals surface area (Å²) in [6, 6.07) is 11.2. The number of nitrogens with one attached hydrogen (secondary N) is 2. The molecule has 0 aliphatic carbocycles. The van der Waals surface area contributed by atoms with Gasteiger partial charge in [0.1, 0.15) is 11.4 Å². The smallest absolute Gasteiger partial charge is 0.269 e. The van der Waals surface area contributed by atoms with E-state index in [9.17, 15) is 4.79 Å². The van der Waals surface area contributed by atoms with Crippen molar-refractivity contribution in [2.24, 2.45) is 5.92 Å². The van der Waals surface area contributed by atoms with Gasteiger partial charge in [0.2, 0.25) is 0 Å². The van der Waals surface area contributed by atoms with E-state index < -0.39 is 0 Å². The molecule has 0 aliphatic rings. The van der Waals surface area contributed by atoms with Crippen molar-refractivity contribution in [3.05, 3.63) is 48.3 Å². The Kier molecular flexibility index (Phi) is 5.97. The van der Waals surface area contributed by atoms with Gasteiger partial charge < -0.3 is 15.4 Å². The first-order chi connectivity index (χ1) is 11.1. The SMILES string of the molecule is COc1cccc(Nc2ccc(C(=O)NCCC(C)C)nc2)c1. The highest BCUT2D eigenvalue weighted by atomic mass is 16.5. The Balaban J connectivity index is 1.94. The van der Waals surface area contributed by atoms with Crippen LogP contribution in [0.2, 0.25) is 0 Å². The first kappa shape index (κ1) is 16.8. The van der Waals surface area contributed by atoms with E-state index in [1.165, 1.54) is 0 Å². The molecule has 2 rings (SSSR count). The number of ether oxygens (including phenoxy) is 1. The lowest BCUT2D eigenvalue weighted by Crippen LogP contribution is -2.26. The minimum Gasteiger partial charge on any atom is -0.497 e. The summed E-state index contributed by atoms with van der Waals surface area (Å²) in [4.78, 5) is 16.2. The molecule has 1 amide bonds. The van der Waals surface area contributed by atoms with Crippen LogP contribution in [0.25, 0.3) is 0 Å². The van der Waals surface area contributed by atoms with Crippen molar-refractivity contribution in [2.75, 3.05) is 19.0 Å². The number of carbonyl (C=O) groups is 1. The summed E-state index contributed by atoms with van der Waals surface area (Å²) in [7, 11) is 1.63. The predicted molar refractivity (Wildman–Crippen MR) is 92.3 cm³/mol. The van der Waals surface area contributed by atoms with E-state index in [1.807, 2.05) is 30.3 Å². The number of hydrogen-bond donors (Lipinski definition) is 2. The Morgan fingerprint density at radius 3 is 2.70 bits per heavy atom. The maximum atomic E-state index is 12.0. The molecular formula is C18H23N3O2. The van der Waals surface area contributed by atoms with Gasteiger partial charge in [0.05, 0.1) is 19.0 Å². The number of nitrogens with zero attached hydrogens (tertiary/aromatic N) is 1. The maximum absolute atomic E-state index is 12.0. The van der Waals surface area contributed by atoms with Gasteiger partial charge in [-0.1, -0.05) is 19.9 Å². The number of amides is 1. The average Bonchev–Trinajstić information content (AvgIpc) is 2.55. The number of methoxy groups -OCH3 is 1. The molecule has 1 aromatic carbocycles. The summed E-state index contributed by atoms with van der Waals surface area (Å²) in [5.74, 6) is 1.21. The number of aromatic nitrogens is 1. The van der Waals surface area contributed by atoms with E-state index in [4.69, 9.17) is 4.74 Å². The molecular weight excluding hydrogens is 290 g/mol. The van der Waals surface area contributed by atoms with Crippen molar-refractivity contribution >= 4 is 17.3 Å². The van der Waals surface area contributed by atoms with Gasteiger partial charge in [-0.25, -0.2) is 4.98 Å². The van der Waals surface area contributed by atoms with Crippen LogP contribution in [0.5, 0.6) is 5.75 Å². The summed E-state index contributed by atoms with van der Waals surface area (Å²) < 4.78 is 5.19. The van der Waals surface area contributed by atoms with E-state index in [2.05, 4.69) is 29.5 Å². The van der Waals surface area contributed by atoms with Gasteiger partial charge in [-0.3, -0.25) is 4.79 Å². The molecule has 1 aromatic heterocycles. The van der Waals surface area contributed by atoms with Crippen molar-refractivity contribution in [3.63, 3.8) is 0 Å². The molecule has 0 bridgehead atoms. The van der Waals surface area contributed by atoms with E-state index >= 15 is 0 Å². The molecule has 2 aromatic rings. The summed E-state index contributed by atoms with van der Waals surface area (Å²) in [5, 5.41) is 6.10. The highest BCUT2D eigenvalue weighted by Crippen LogP contribution is 2.20. The third-order valence-corrected chi connectivity index (χ3v) is 3.36. The summed E-state index contributed by atoms with van der Waals surface area (Å²) in [6.45, 7) is 4.93. The highest BCUT2D eigenvalue weighted by Gasteiger charge is 2.07. The van der Waals surface area contributed by atoms with Gasteiger partial charge in [0.15, 0.2) is 0 Å². The normalized spacial score (nSPS) is 10.4. The zero-order chi connectivity index (χ0) is 16.7. The molecule has 0 saturated carbocycles. The summed E-state index contributed by atoms with van der Waals surface area (Å²) in [6.07, 6.45) is 2.61. The first-order valence-electron chi connectivity index (χ1n) is 7.74. The fourth-order valence-electron chi connectivity index (χ4n) is 2.03. The molecule has 5 nitrogen and oxygen atoms in total. The van der Waals surface area contributed by atoms with Crippen LogP contribution in [-0.2, 0) is 0 Å². The van der Waals surface area contributed by atoms with Crippen LogP contribution in [0, 0.1) is 5.92 Å². The van der Waals surface area contributed by atoms with Crippen LogP contribution >= 0.6 is 0 Å². The fourth-order valence-corrected chi connectivity index (χ4v) is 2.03. The van der Waals surface area contributed by atoms with Gasteiger partial charge in [-0.2, -0.15) is 0 Å². The lowest BCUT2D eigenvalue weighted by Gasteiger charge is -2.09. The van der Waals surface area contributed by atoms with Crippen LogP contribution in [-0.4, -0.2) is 24.5 Å². The van der Waals surface area contributed by atoms with Crippen molar-refractivity contribution < 1.29 is 9.53 Å². The Morgan fingerprint density at radius 2 is 2.04 bits per heavy atom. The molecule has 0 aliphatic heterocycles. The minimum atomic E-state index is -0.140. The molecule has 0 spiro atoms. The standard InChI is InChI=1S/C18H23N3O2/c1-13(2)9-10-19-18(22)17-8-7-15(12-20-17)21-14-5-4-6-16(11-14)23-3/h4-8,11-13,21H,9-10H2,1-3H3,(H,19,22). The molecule has 23 heavy (non-hydrogen) atoms. The van der Waals surface area contributed by atoms with Crippen molar-refractivity contribution in [3.8, 4) is 5.75 Å². The van der Waals surface area contributed by atoms with Gasteiger partial charge in [-0.05, 0) is 36.6 Å². The van der Waals surface area contributed by atoms with Gasteiger partial charge >= 0.3 is 0 Å². The largest absolute Gasteiger partial charge is 0.497 e. The van der Waals surface area contributed by atoms with E-state index in [0.717, 1.165) is 23.5 Å². The molecule has 1 heterocycles. The number of hydrogen-bond acceptors (Lipinski definition) is 4. The Labute approximate surface area is 137 Å². The van der Waals surface area contributed by atoms with Gasteiger partial charge in [0, 0.05) is 18.3 Å². The van der Waals surface area contributed by atoms with E-state index in [1.54, 1.807) is 19.4 Å². The highest BCUT2D eigenvalue weighted by molar-refractivity contribution is 5.92. The lowest BCUT2D eigenvalue weighted by molar-refractivity contribution is 0.0947.